The average molecular weight is 408 g/mol. The minimum absolute atomic E-state index is 0.0249. The van der Waals surface area contributed by atoms with Gasteiger partial charge in [-0.15, -0.1) is 5.92 Å². The first-order valence-electron chi connectivity index (χ1n) is 7.34. The van der Waals surface area contributed by atoms with Gasteiger partial charge in [0.15, 0.2) is 9.84 Å². The molecular formula is C18H18BrNO3S. The summed E-state index contributed by atoms with van der Waals surface area (Å²) in [6.45, 7) is 0. The third-order valence-electron chi connectivity index (χ3n) is 3.49. The molecule has 0 aliphatic carbocycles. The number of sulfone groups is 1. The molecule has 2 aromatic rings. The molecule has 0 saturated heterocycles. The number of aliphatic hydroxyl groups excluding tert-OH is 1. The summed E-state index contributed by atoms with van der Waals surface area (Å²) in [4.78, 5) is 0.116. The predicted octanol–water partition coefficient (Wildman–Crippen LogP) is 2.50. The Balaban J connectivity index is 2.13. The van der Waals surface area contributed by atoms with Gasteiger partial charge in [0.2, 0.25) is 0 Å². The van der Waals surface area contributed by atoms with E-state index in [1.165, 1.54) is 12.1 Å². The maximum atomic E-state index is 12.6. The molecule has 0 spiro atoms. The van der Waals surface area contributed by atoms with E-state index in [1.807, 2.05) is 30.3 Å². The number of rotatable bonds is 5. The molecule has 0 amide bonds. The van der Waals surface area contributed by atoms with E-state index >= 15 is 0 Å². The topological polar surface area (TPSA) is 80.4 Å². The molecule has 126 valence electrons. The summed E-state index contributed by atoms with van der Waals surface area (Å²) in [6.07, 6.45) is -1.00. The Kier molecular flexibility index (Phi) is 6.58. The van der Waals surface area contributed by atoms with Crippen LogP contribution in [0.15, 0.2) is 64.0 Å². The summed E-state index contributed by atoms with van der Waals surface area (Å²) in [5.41, 5.74) is 6.53. The molecule has 0 radical (unpaired) electrons. The van der Waals surface area contributed by atoms with E-state index in [2.05, 4.69) is 27.8 Å². The quantitative estimate of drug-likeness (QED) is 0.589. The second-order valence-electron chi connectivity index (χ2n) is 5.25. The van der Waals surface area contributed by atoms with Crippen molar-refractivity contribution in [3.05, 3.63) is 64.6 Å². The molecule has 2 aromatic carbocycles. The van der Waals surface area contributed by atoms with Gasteiger partial charge in [0.1, 0.15) is 11.5 Å². The summed E-state index contributed by atoms with van der Waals surface area (Å²) in [7, 11) is -3.76. The van der Waals surface area contributed by atoms with Crippen molar-refractivity contribution < 1.29 is 13.5 Å². The molecule has 0 aromatic heterocycles. The second kappa shape index (κ2) is 8.45. The average Bonchev–Trinajstić information content (AvgIpc) is 2.55. The van der Waals surface area contributed by atoms with E-state index in [9.17, 15) is 13.5 Å². The van der Waals surface area contributed by atoms with Crippen LogP contribution in [0, 0.1) is 11.8 Å². The standard InChI is InChI=1S/C18H18BrNO3S/c19-15-10-12-16(13-11-15)24(22,23)17(18(20)21)9-5-4-8-14-6-2-1-3-7-14/h1-3,6-7,10-13,17-18,21H,8-9,20H2. The van der Waals surface area contributed by atoms with Crippen molar-refractivity contribution in [3.8, 4) is 11.8 Å². The van der Waals surface area contributed by atoms with Gasteiger partial charge in [-0.3, -0.25) is 0 Å². The van der Waals surface area contributed by atoms with Crippen LogP contribution in [0.2, 0.25) is 0 Å². The Morgan fingerprint density at radius 2 is 1.67 bits per heavy atom. The molecule has 4 nitrogen and oxygen atoms in total. The monoisotopic (exact) mass is 407 g/mol. The molecule has 0 bridgehead atoms. The summed E-state index contributed by atoms with van der Waals surface area (Å²) in [5, 5.41) is 8.54. The number of hydrogen-bond acceptors (Lipinski definition) is 4. The maximum absolute atomic E-state index is 12.6. The first-order valence-corrected chi connectivity index (χ1v) is 9.68. The first kappa shape index (κ1) is 18.7. The highest BCUT2D eigenvalue weighted by Gasteiger charge is 2.31. The van der Waals surface area contributed by atoms with Gasteiger partial charge >= 0.3 is 0 Å². The fourth-order valence-electron chi connectivity index (χ4n) is 2.15. The van der Waals surface area contributed by atoms with Crippen LogP contribution in [0.1, 0.15) is 12.0 Å². The number of benzene rings is 2. The van der Waals surface area contributed by atoms with Crippen molar-refractivity contribution >= 4 is 25.8 Å². The SMILES string of the molecule is NC(O)C(CC#CCc1ccccc1)S(=O)(=O)c1ccc(Br)cc1. The zero-order valence-corrected chi connectivity index (χ0v) is 15.3. The van der Waals surface area contributed by atoms with Crippen LogP contribution in [0.3, 0.4) is 0 Å². The third kappa shape index (κ3) is 4.92. The van der Waals surface area contributed by atoms with Crippen LogP contribution < -0.4 is 5.73 Å². The summed E-state index contributed by atoms with van der Waals surface area (Å²) in [6, 6.07) is 15.9. The number of aliphatic hydroxyl groups is 1. The molecule has 0 saturated carbocycles. The van der Waals surface area contributed by atoms with E-state index in [0.717, 1.165) is 10.0 Å². The van der Waals surface area contributed by atoms with Crippen LogP contribution >= 0.6 is 15.9 Å². The fraction of sp³-hybridized carbons (Fsp3) is 0.222. The zero-order valence-electron chi connectivity index (χ0n) is 12.9. The molecule has 0 fully saturated rings. The van der Waals surface area contributed by atoms with E-state index in [0.29, 0.717) is 6.42 Å². The van der Waals surface area contributed by atoms with Crippen LogP contribution in [0.25, 0.3) is 0 Å². The van der Waals surface area contributed by atoms with E-state index in [1.54, 1.807) is 12.1 Å². The molecule has 6 heteroatoms. The van der Waals surface area contributed by atoms with Gasteiger partial charge in [-0.05, 0) is 29.8 Å². The Morgan fingerprint density at radius 3 is 2.25 bits per heavy atom. The maximum Gasteiger partial charge on any atom is 0.186 e. The van der Waals surface area contributed by atoms with E-state index in [-0.39, 0.29) is 11.3 Å². The summed E-state index contributed by atoms with van der Waals surface area (Å²) < 4.78 is 26.0. The largest absolute Gasteiger partial charge is 0.377 e. The highest BCUT2D eigenvalue weighted by atomic mass is 79.9. The highest BCUT2D eigenvalue weighted by molar-refractivity contribution is 9.10. The van der Waals surface area contributed by atoms with Gasteiger partial charge in [-0.1, -0.05) is 52.2 Å². The van der Waals surface area contributed by atoms with Gasteiger partial charge in [-0.25, -0.2) is 8.42 Å². The Labute approximate surface area is 150 Å². The van der Waals surface area contributed by atoms with Crippen molar-refractivity contribution in [1.29, 1.82) is 0 Å². The Bertz CT molecular complexity index is 822. The third-order valence-corrected chi connectivity index (χ3v) is 6.19. The number of hydrogen-bond donors (Lipinski definition) is 2. The molecule has 24 heavy (non-hydrogen) atoms. The van der Waals surface area contributed by atoms with Crippen LogP contribution in [0.4, 0.5) is 0 Å². The predicted molar refractivity (Wildman–Crippen MR) is 97.8 cm³/mol. The van der Waals surface area contributed by atoms with E-state index < -0.39 is 21.3 Å². The van der Waals surface area contributed by atoms with Crippen molar-refractivity contribution in [2.24, 2.45) is 5.73 Å². The van der Waals surface area contributed by atoms with Gasteiger partial charge in [-0.2, -0.15) is 0 Å². The smallest absolute Gasteiger partial charge is 0.186 e. The van der Waals surface area contributed by atoms with Crippen molar-refractivity contribution in [2.45, 2.75) is 29.2 Å². The lowest BCUT2D eigenvalue weighted by molar-refractivity contribution is 0.176. The zero-order chi connectivity index (χ0) is 17.6. The minimum Gasteiger partial charge on any atom is -0.377 e. The molecule has 0 aliphatic heterocycles. The number of nitrogens with two attached hydrogens (primary N) is 1. The molecule has 0 aliphatic rings. The van der Waals surface area contributed by atoms with Crippen LogP contribution in [-0.4, -0.2) is 25.0 Å². The molecule has 2 atom stereocenters. The van der Waals surface area contributed by atoms with Crippen LogP contribution in [-0.2, 0) is 16.3 Å². The molecule has 3 N–H and O–H groups in total. The minimum atomic E-state index is -3.76. The second-order valence-corrected chi connectivity index (χ2v) is 8.33. The molecule has 0 heterocycles. The summed E-state index contributed by atoms with van der Waals surface area (Å²) in [5.74, 6) is 5.76. The fourth-order valence-corrected chi connectivity index (χ4v) is 3.95. The van der Waals surface area contributed by atoms with Crippen molar-refractivity contribution in [3.63, 3.8) is 0 Å². The normalized spacial score (nSPS) is 13.6. The molecule has 2 unspecified atom stereocenters. The Hall–Kier alpha value is -1.65. The van der Waals surface area contributed by atoms with Gasteiger partial charge in [0, 0.05) is 17.3 Å². The van der Waals surface area contributed by atoms with Gasteiger partial charge in [0.05, 0.1) is 4.90 Å². The Morgan fingerprint density at radius 1 is 1.04 bits per heavy atom. The molecule has 2 rings (SSSR count). The lowest BCUT2D eigenvalue weighted by Crippen LogP contribution is -2.40. The first-order chi connectivity index (χ1) is 11.4. The number of halogens is 1. The van der Waals surface area contributed by atoms with Crippen molar-refractivity contribution in [1.82, 2.24) is 0 Å². The van der Waals surface area contributed by atoms with Gasteiger partial charge < -0.3 is 10.8 Å². The highest BCUT2D eigenvalue weighted by Crippen LogP contribution is 2.21. The van der Waals surface area contributed by atoms with Crippen LogP contribution in [0.5, 0.6) is 0 Å². The lowest BCUT2D eigenvalue weighted by atomic mass is 10.1. The van der Waals surface area contributed by atoms with Gasteiger partial charge in [0.25, 0.3) is 0 Å². The van der Waals surface area contributed by atoms with Crippen molar-refractivity contribution in [2.75, 3.05) is 0 Å². The summed E-state index contributed by atoms with van der Waals surface area (Å²) >= 11 is 3.26. The van der Waals surface area contributed by atoms with E-state index in [4.69, 9.17) is 5.73 Å². The lowest BCUT2D eigenvalue weighted by Gasteiger charge is -2.18. The molecular weight excluding hydrogens is 390 g/mol.